The maximum atomic E-state index is 5.59. The van der Waals surface area contributed by atoms with Gasteiger partial charge >= 0.3 is 0 Å². The van der Waals surface area contributed by atoms with Crippen molar-refractivity contribution in [2.75, 3.05) is 5.73 Å². The molecule has 0 aliphatic carbocycles. The number of nitrogens with two attached hydrogens (primary N) is 1. The Morgan fingerprint density at radius 3 is 2.94 bits per heavy atom. The largest absolute Gasteiger partial charge is 1.00 e. The molecule has 18 heavy (non-hydrogen) atoms. The van der Waals surface area contributed by atoms with Crippen LogP contribution in [0.5, 0.6) is 0 Å². The summed E-state index contributed by atoms with van der Waals surface area (Å²) in [5.74, 6) is 0.974. The average Bonchev–Trinajstić information content (AvgIpc) is 2.68. The zero-order valence-electron chi connectivity index (χ0n) is 9.66. The quantitative estimate of drug-likeness (QED) is 0.379. The van der Waals surface area contributed by atoms with Crippen LogP contribution in [0.25, 0.3) is 17.0 Å². The summed E-state index contributed by atoms with van der Waals surface area (Å²) in [7, 11) is 1.96. The number of anilines is 1. The maximum absolute atomic E-state index is 5.59. The van der Waals surface area contributed by atoms with Crippen LogP contribution in [-0.2, 0) is 7.05 Å². The average molecular weight is 354 g/mol. The lowest BCUT2D eigenvalue weighted by atomic mass is 10.2. The Kier molecular flexibility index (Phi) is 3.41. The molecule has 0 aromatic carbocycles. The molecule has 3 heterocycles. The lowest BCUT2D eigenvalue weighted by molar-refractivity contribution is -0.671. The maximum Gasteiger partial charge on any atom is 0.240 e. The van der Waals surface area contributed by atoms with Gasteiger partial charge < -0.3 is 29.7 Å². The number of hydrogen-bond donors (Lipinski definition) is 1. The van der Waals surface area contributed by atoms with Crippen LogP contribution in [0.2, 0.25) is 0 Å². The highest BCUT2D eigenvalue weighted by atomic mass is 127. The molecule has 92 valence electrons. The van der Waals surface area contributed by atoms with Crippen molar-refractivity contribution in [1.82, 2.24) is 19.6 Å². The lowest BCUT2D eigenvalue weighted by Crippen LogP contribution is -3.00. The Hall–Kier alpha value is -1.77. The van der Waals surface area contributed by atoms with Gasteiger partial charge in [-0.25, -0.2) is 9.55 Å². The highest BCUT2D eigenvalue weighted by Crippen LogP contribution is 2.15. The van der Waals surface area contributed by atoms with Crippen molar-refractivity contribution in [3.05, 3.63) is 36.8 Å². The van der Waals surface area contributed by atoms with Gasteiger partial charge in [-0.1, -0.05) is 0 Å². The van der Waals surface area contributed by atoms with E-state index in [-0.39, 0.29) is 29.9 Å². The second kappa shape index (κ2) is 4.84. The van der Waals surface area contributed by atoms with E-state index in [1.807, 2.05) is 36.1 Å². The number of nitrogens with zero attached hydrogens (tertiary/aromatic N) is 5. The fraction of sp³-hybridized carbons (Fsp3) is 0.0909. The Morgan fingerprint density at radius 1 is 1.33 bits per heavy atom. The van der Waals surface area contributed by atoms with Gasteiger partial charge in [0.25, 0.3) is 0 Å². The third kappa shape index (κ3) is 2.13. The minimum absolute atomic E-state index is 0. The summed E-state index contributed by atoms with van der Waals surface area (Å²) in [6, 6.07) is 5.70. The molecule has 0 radical (unpaired) electrons. The van der Waals surface area contributed by atoms with E-state index in [9.17, 15) is 0 Å². The number of pyridine rings is 1. The normalized spacial score (nSPS) is 10.3. The van der Waals surface area contributed by atoms with Crippen molar-refractivity contribution in [1.29, 1.82) is 0 Å². The fourth-order valence-electron chi connectivity index (χ4n) is 1.75. The topological polar surface area (TPSA) is 73.0 Å². The van der Waals surface area contributed by atoms with Crippen LogP contribution in [0.15, 0.2) is 36.8 Å². The summed E-state index contributed by atoms with van der Waals surface area (Å²) < 4.78 is 3.60. The molecular weight excluding hydrogens is 343 g/mol. The molecule has 2 N–H and O–H groups in total. The van der Waals surface area contributed by atoms with E-state index < -0.39 is 0 Å². The standard InChI is InChI=1S/C11H11N6.HI/c1-16-6-2-3-8(7-16)10-13-5-4-9-14-11(12)15-17(9)10;/h2-7H,1H3,(H2,12,15);1H/q+1;/p-1. The molecule has 0 unspecified atom stereocenters. The molecular formula is C11H11IN6. The Bertz CT molecular complexity index is 693. The first-order valence-corrected chi connectivity index (χ1v) is 5.17. The first kappa shape index (κ1) is 12.7. The van der Waals surface area contributed by atoms with Crippen molar-refractivity contribution in [3.63, 3.8) is 0 Å². The van der Waals surface area contributed by atoms with Crippen LogP contribution in [-0.4, -0.2) is 19.6 Å². The van der Waals surface area contributed by atoms with Gasteiger partial charge in [-0.3, -0.25) is 0 Å². The summed E-state index contributed by atoms with van der Waals surface area (Å²) in [6.07, 6.45) is 5.63. The smallest absolute Gasteiger partial charge is 0.240 e. The summed E-state index contributed by atoms with van der Waals surface area (Å²) >= 11 is 0. The number of aryl methyl sites for hydroxylation is 1. The molecule has 0 spiro atoms. The summed E-state index contributed by atoms with van der Waals surface area (Å²) in [4.78, 5) is 8.43. The summed E-state index contributed by atoms with van der Waals surface area (Å²) in [5, 5.41) is 4.13. The van der Waals surface area contributed by atoms with Gasteiger partial charge in [-0.2, -0.15) is 9.50 Å². The third-order valence-electron chi connectivity index (χ3n) is 2.47. The highest BCUT2D eigenvalue weighted by Gasteiger charge is 2.10. The molecule has 0 amide bonds. The first-order valence-electron chi connectivity index (χ1n) is 5.17. The molecule has 7 heteroatoms. The number of halogens is 1. The van der Waals surface area contributed by atoms with Crippen molar-refractivity contribution >= 4 is 11.6 Å². The van der Waals surface area contributed by atoms with E-state index in [2.05, 4.69) is 15.1 Å². The Morgan fingerprint density at radius 2 is 2.17 bits per heavy atom. The fourth-order valence-corrected chi connectivity index (χ4v) is 1.75. The molecule has 0 aliphatic heterocycles. The van der Waals surface area contributed by atoms with Crippen LogP contribution < -0.4 is 34.3 Å². The van der Waals surface area contributed by atoms with Crippen molar-refractivity contribution in [3.8, 4) is 11.4 Å². The van der Waals surface area contributed by atoms with Gasteiger partial charge in [0.15, 0.2) is 23.9 Å². The number of hydrogen-bond acceptors (Lipinski definition) is 4. The van der Waals surface area contributed by atoms with E-state index in [0.29, 0.717) is 5.65 Å². The molecule has 0 atom stereocenters. The first-order chi connectivity index (χ1) is 8.24. The number of aromatic nitrogens is 5. The van der Waals surface area contributed by atoms with E-state index in [0.717, 1.165) is 11.4 Å². The van der Waals surface area contributed by atoms with Gasteiger partial charge in [0.1, 0.15) is 7.05 Å². The Labute approximate surface area is 121 Å². The molecule has 3 rings (SSSR count). The molecule has 3 aromatic rings. The minimum atomic E-state index is 0. The third-order valence-corrected chi connectivity index (χ3v) is 2.47. The predicted octanol–water partition coefficient (Wildman–Crippen LogP) is -2.80. The van der Waals surface area contributed by atoms with E-state index in [1.165, 1.54) is 0 Å². The monoisotopic (exact) mass is 354 g/mol. The van der Waals surface area contributed by atoms with Crippen LogP contribution >= 0.6 is 0 Å². The molecule has 6 nitrogen and oxygen atoms in total. The number of rotatable bonds is 1. The second-order valence-corrected chi connectivity index (χ2v) is 3.77. The zero-order chi connectivity index (χ0) is 11.8. The zero-order valence-corrected chi connectivity index (χ0v) is 11.8. The highest BCUT2D eigenvalue weighted by molar-refractivity contribution is 5.57. The number of nitrogen functional groups attached to an aromatic ring is 1. The van der Waals surface area contributed by atoms with E-state index in [4.69, 9.17) is 5.73 Å². The van der Waals surface area contributed by atoms with Crippen molar-refractivity contribution in [2.45, 2.75) is 0 Å². The van der Waals surface area contributed by atoms with E-state index >= 15 is 0 Å². The predicted molar refractivity (Wildman–Crippen MR) is 61.8 cm³/mol. The molecule has 0 fully saturated rings. The second-order valence-electron chi connectivity index (χ2n) is 3.77. The van der Waals surface area contributed by atoms with Gasteiger partial charge in [0, 0.05) is 18.3 Å². The molecule has 0 aliphatic rings. The molecule has 0 saturated heterocycles. The minimum Gasteiger partial charge on any atom is -1.00 e. The molecule has 0 bridgehead atoms. The van der Waals surface area contributed by atoms with Gasteiger partial charge in [0.2, 0.25) is 5.95 Å². The van der Waals surface area contributed by atoms with Crippen molar-refractivity contribution in [2.24, 2.45) is 7.05 Å². The Balaban J connectivity index is 0.00000120. The van der Waals surface area contributed by atoms with Crippen LogP contribution in [0, 0.1) is 0 Å². The van der Waals surface area contributed by atoms with Gasteiger partial charge in [-0.05, 0) is 6.07 Å². The summed E-state index contributed by atoms with van der Waals surface area (Å²) in [5.41, 5.74) is 7.25. The van der Waals surface area contributed by atoms with Gasteiger partial charge in [-0.15, -0.1) is 5.10 Å². The van der Waals surface area contributed by atoms with Crippen LogP contribution in [0.4, 0.5) is 5.95 Å². The molecule has 3 aromatic heterocycles. The molecule has 0 saturated carbocycles. The lowest BCUT2D eigenvalue weighted by Gasteiger charge is -2.00. The van der Waals surface area contributed by atoms with E-state index in [1.54, 1.807) is 16.8 Å². The van der Waals surface area contributed by atoms with Gasteiger partial charge in [0.05, 0.1) is 5.56 Å². The summed E-state index contributed by atoms with van der Waals surface area (Å²) in [6.45, 7) is 0. The van der Waals surface area contributed by atoms with Crippen LogP contribution in [0.3, 0.4) is 0 Å². The van der Waals surface area contributed by atoms with Crippen LogP contribution in [0.1, 0.15) is 0 Å². The SMILES string of the molecule is C[n+]1cccc(-c2nccc3nc(N)nn23)c1.[I-]. The number of fused-ring (bicyclic) bond motifs is 1. The van der Waals surface area contributed by atoms with Crippen molar-refractivity contribution < 1.29 is 28.5 Å².